The highest BCUT2D eigenvalue weighted by atomic mass is 35.5. The van der Waals surface area contributed by atoms with E-state index in [9.17, 15) is 14.4 Å². The molecule has 6 nitrogen and oxygen atoms in total. The molecule has 0 unspecified atom stereocenters. The van der Waals surface area contributed by atoms with E-state index in [0.29, 0.717) is 40.7 Å². The van der Waals surface area contributed by atoms with Gasteiger partial charge in [0.2, 0.25) is 5.91 Å². The van der Waals surface area contributed by atoms with E-state index in [1.165, 1.54) is 22.8 Å². The van der Waals surface area contributed by atoms with Crippen LogP contribution in [0.4, 0.5) is 0 Å². The van der Waals surface area contributed by atoms with Crippen molar-refractivity contribution in [3.8, 4) is 0 Å². The number of likely N-dealkylation sites (tertiary alicyclic amines) is 1. The topological polar surface area (TPSA) is 79.6 Å². The molecule has 226 valence electrons. The average Bonchev–Trinajstić information content (AvgIpc) is 3.42. The van der Waals surface area contributed by atoms with Crippen LogP contribution in [0.3, 0.4) is 0 Å². The molecule has 1 aromatic heterocycles. The number of amides is 2. The van der Waals surface area contributed by atoms with Crippen molar-refractivity contribution in [3.63, 3.8) is 0 Å². The second-order valence-corrected chi connectivity index (χ2v) is 12.6. The predicted octanol–water partition coefficient (Wildman–Crippen LogP) is 7.85. The molecule has 1 N–H and O–H groups in total. The Labute approximate surface area is 266 Å². The number of nitrogens with one attached hydrogen (secondary N) is 1. The first kappa shape index (κ1) is 30.2. The summed E-state index contributed by atoms with van der Waals surface area (Å²) in [4.78, 5) is 40.3. The minimum atomic E-state index is -0.459. The lowest BCUT2D eigenvalue weighted by Crippen LogP contribution is -2.36. The highest BCUT2D eigenvalue weighted by molar-refractivity contribution is 6.31. The molecule has 2 aliphatic rings. The zero-order valence-corrected chi connectivity index (χ0v) is 25.9. The molecule has 1 aliphatic heterocycles. The van der Waals surface area contributed by atoms with Crippen LogP contribution in [0.25, 0.3) is 11.0 Å². The maximum atomic E-state index is 13.4. The van der Waals surface area contributed by atoms with Crippen LogP contribution in [-0.2, 0) is 17.8 Å². The molecule has 1 saturated heterocycles. The second kappa shape index (κ2) is 13.4. The van der Waals surface area contributed by atoms with Gasteiger partial charge in [-0.2, -0.15) is 0 Å². The van der Waals surface area contributed by atoms with E-state index in [4.69, 9.17) is 27.6 Å². The van der Waals surface area contributed by atoms with Crippen LogP contribution in [0.15, 0.2) is 93.7 Å². The van der Waals surface area contributed by atoms with Crippen molar-refractivity contribution >= 4 is 46.0 Å². The van der Waals surface area contributed by atoms with Gasteiger partial charge in [-0.05, 0) is 85.4 Å². The Kier molecular flexibility index (Phi) is 9.20. The molecule has 44 heavy (non-hydrogen) atoms. The Morgan fingerprint density at radius 3 is 2.45 bits per heavy atom. The molecule has 1 aliphatic carbocycles. The summed E-state index contributed by atoms with van der Waals surface area (Å²) in [6.07, 6.45) is 8.13. The minimum absolute atomic E-state index is 0.0546. The molecule has 0 bridgehead atoms. The van der Waals surface area contributed by atoms with Gasteiger partial charge in [-0.1, -0.05) is 71.2 Å². The van der Waals surface area contributed by atoms with Crippen molar-refractivity contribution in [1.29, 1.82) is 0 Å². The van der Waals surface area contributed by atoms with Gasteiger partial charge in [0.1, 0.15) is 5.58 Å². The van der Waals surface area contributed by atoms with Crippen molar-refractivity contribution in [3.05, 3.63) is 127 Å². The Hall–Kier alpha value is -3.87. The van der Waals surface area contributed by atoms with Gasteiger partial charge in [-0.3, -0.25) is 14.4 Å². The Morgan fingerprint density at radius 1 is 0.955 bits per heavy atom. The largest absolute Gasteiger partial charge is 0.451 e. The van der Waals surface area contributed by atoms with Crippen molar-refractivity contribution in [2.24, 2.45) is 0 Å². The molecule has 1 saturated carbocycles. The number of fused-ring (bicyclic) bond motifs is 1. The molecule has 8 heteroatoms. The van der Waals surface area contributed by atoms with Crippen LogP contribution in [-0.4, -0.2) is 29.3 Å². The first-order chi connectivity index (χ1) is 21.3. The summed E-state index contributed by atoms with van der Waals surface area (Å²) in [5.41, 5.74) is 4.88. The fourth-order valence-electron chi connectivity index (χ4n) is 6.41. The maximum absolute atomic E-state index is 13.4. The molecular formula is C36H34Cl2N2O4. The first-order valence-electron chi connectivity index (χ1n) is 15.2. The van der Waals surface area contributed by atoms with Gasteiger partial charge in [0.15, 0.2) is 11.2 Å². The van der Waals surface area contributed by atoms with Crippen molar-refractivity contribution in [1.82, 2.24) is 10.2 Å². The first-order valence-corrected chi connectivity index (χ1v) is 15.9. The smallest absolute Gasteiger partial charge is 0.287 e. The van der Waals surface area contributed by atoms with Gasteiger partial charge >= 0.3 is 0 Å². The standard InChI is InChI=1S/C36H34Cl2N2O4/c37-27-13-9-24(10-14-27)19-29(39-36(43)34-21-32(41)31-16-15-28(38)20-33(31)44-34)18-23-7-11-25(12-8-23)30-5-2-1-4-26(30)22-40-17-3-6-35(40)42/h1-2,4-5,9-10,13-16,18,20-21,25,29H,3,6-8,11-12,17,19,22H2,(H,39,43)/t25?,29-/m1/s1. The van der Waals surface area contributed by atoms with E-state index >= 15 is 0 Å². The fraction of sp³-hybridized carbons (Fsp3) is 0.306. The molecule has 1 atom stereocenters. The Balaban J connectivity index is 1.19. The third-order valence-corrected chi connectivity index (χ3v) is 9.18. The number of rotatable bonds is 8. The van der Waals surface area contributed by atoms with Crippen LogP contribution in [0, 0.1) is 0 Å². The SMILES string of the molecule is O=C(N[C@H](C=C1CCC(c2ccccc2CN2CCCC2=O)CC1)Cc1ccc(Cl)cc1)c1cc(=O)c2ccc(Cl)cc2o1. The van der Waals surface area contributed by atoms with Gasteiger partial charge in [0.05, 0.1) is 11.4 Å². The number of hydrogen-bond donors (Lipinski definition) is 1. The van der Waals surface area contributed by atoms with Crippen LogP contribution in [0.1, 0.15) is 71.7 Å². The normalized spacial score (nSPS) is 17.6. The lowest BCUT2D eigenvalue weighted by atomic mass is 9.79. The molecule has 0 radical (unpaired) electrons. The summed E-state index contributed by atoms with van der Waals surface area (Å²) in [6, 6.07) is 21.8. The summed E-state index contributed by atoms with van der Waals surface area (Å²) in [7, 11) is 0. The second-order valence-electron chi connectivity index (χ2n) is 11.7. The van der Waals surface area contributed by atoms with E-state index in [2.05, 4.69) is 35.7 Å². The molecule has 2 fully saturated rings. The van der Waals surface area contributed by atoms with E-state index in [1.807, 2.05) is 29.2 Å². The van der Waals surface area contributed by atoms with Crippen LogP contribution in [0.5, 0.6) is 0 Å². The molecule has 6 rings (SSSR count). The molecule has 3 aromatic carbocycles. The summed E-state index contributed by atoms with van der Waals surface area (Å²) < 4.78 is 5.81. The zero-order valence-electron chi connectivity index (χ0n) is 24.4. The average molecular weight is 630 g/mol. The minimum Gasteiger partial charge on any atom is -0.451 e. The number of allylic oxidation sites excluding steroid dienone is 1. The van der Waals surface area contributed by atoms with Crippen LogP contribution in [0.2, 0.25) is 10.0 Å². The summed E-state index contributed by atoms with van der Waals surface area (Å²) in [5.74, 6) is 0.151. The monoisotopic (exact) mass is 628 g/mol. The lowest BCUT2D eigenvalue weighted by Gasteiger charge is -2.28. The lowest BCUT2D eigenvalue weighted by molar-refractivity contribution is -0.128. The number of hydrogen-bond acceptors (Lipinski definition) is 4. The predicted molar refractivity (Wildman–Crippen MR) is 174 cm³/mol. The summed E-state index contributed by atoms with van der Waals surface area (Å²) in [6.45, 7) is 1.52. The molecule has 0 spiro atoms. The zero-order chi connectivity index (χ0) is 30.6. The van der Waals surface area contributed by atoms with Gasteiger partial charge in [0, 0.05) is 41.7 Å². The van der Waals surface area contributed by atoms with Gasteiger partial charge in [0.25, 0.3) is 5.91 Å². The quantitative estimate of drug-likeness (QED) is 0.202. The van der Waals surface area contributed by atoms with E-state index in [0.717, 1.165) is 44.2 Å². The van der Waals surface area contributed by atoms with E-state index in [-0.39, 0.29) is 28.7 Å². The number of carbonyl (C=O) groups is 2. The number of nitrogens with zero attached hydrogens (tertiary/aromatic N) is 1. The molecule has 4 aromatic rings. The van der Waals surface area contributed by atoms with Gasteiger partial charge in [-0.15, -0.1) is 0 Å². The fourth-order valence-corrected chi connectivity index (χ4v) is 6.70. The molecule has 2 amide bonds. The van der Waals surface area contributed by atoms with Gasteiger partial charge in [-0.25, -0.2) is 0 Å². The number of benzene rings is 3. The van der Waals surface area contributed by atoms with Crippen molar-refractivity contribution in [2.75, 3.05) is 6.54 Å². The Bertz CT molecular complexity index is 1770. The van der Waals surface area contributed by atoms with E-state index in [1.54, 1.807) is 18.2 Å². The van der Waals surface area contributed by atoms with Crippen molar-refractivity contribution < 1.29 is 14.0 Å². The Morgan fingerprint density at radius 2 is 1.70 bits per heavy atom. The van der Waals surface area contributed by atoms with Crippen LogP contribution < -0.4 is 10.7 Å². The van der Waals surface area contributed by atoms with Crippen molar-refractivity contribution in [2.45, 2.75) is 63.5 Å². The van der Waals surface area contributed by atoms with Crippen LogP contribution >= 0.6 is 23.2 Å². The molecule has 2 heterocycles. The number of halogens is 2. The molecular weight excluding hydrogens is 595 g/mol. The highest BCUT2D eigenvalue weighted by Gasteiger charge is 2.25. The van der Waals surface area contributed by atoms with E-state index < -0.39 is 5.91 Å². The van der Waals surface area contributed by atoms with Gasteiger partial charge < -0.3 is 14.6 Å². The summed E-state index contributed by atoms with van der Waals surface area (Å²) in [5, 5.41) is 4.54. The maximum Gasteiger partial charge on any atom is 0.287 e. The summed E-state index contributed by atoms with van der Waals surface area (Å²) >= 11 is 12.2. The highest BCUT2D eigenvalue weighted by Crippen LogP contribution is 2.37. The number of carbonyl (C=O) groups excluding carboxylic acids is 2. The third-order valence-electron chi connectivity index (χ3n) is 8.69. The third kappa shape index (κ3) is 7.09.